The van der Waals surface area contributed by atoms with E-state index in [-0.39, 0.29) is 70.7 Å². The largest absolute Gasteiger partial charge is 0.427 e. The first-order chi connectivity index (χ1) is 33.7. The Bertz CT molecular complexity index is 2360. The molecule has 13 rings (SSSR count). The van der Waals surface area contributed by atoms with E-state index in [1.807, 2.05) is 10.8 Å². The SMILES string of the molecule is CCC1(C2=C3OC(=O)C4=C3[C@@H](CC2)C[C@H]2[C@@H]3CC[C@@]5(C6=C3[C@H](CN3C(=O)C=CC3=O)C3=CCNC(=C3)NCSS[C@H](NC[C@H](O)C3CCCCC3)[C@H](C3CCCCC3)C/C=C/5OC6=O)[C@@H]42)CCCC1. The molecule has 7 bridgehead atoms. The van der Waals surface area contributed by atoms with Crippen molar-refractivity contribution in [2.24, 2.45) is 58.2 Å². The van der Waals surface area contributed by atoms with Gasteiger partial charge in [-0.25, -0.2) is 9.59 Å². The number of amides is 2. The molecule has 5 aliphatic heterocycles. The van der Waals surface area contributed by atoms with Crippen molar-refractivity contribution in [2.75, 3.05) is 25.5 Å². The zero-order valence-corrected chi connectivity index (χ0v) is 42.1. The normalized spacial score (nSPS) is 36.9. The van der Waals surface area contributed by atoms with Gasteiger partial charge < -0.3 is 30.5 Å². The van der Waals surface area contributed by atoms with Gasteiger partial charge in [0.05, 0.1) is 34.2 Å². The Kier molecular flexibility index (Phi) is 12.7. The molecular weight excluding hydrogens is 905 g/mol. The van der Waals surface area contributed by atoms with Crippen LogP contribution in [0.3, 0.4) is 0 Å². The molecule has 370 valence electrons. The minimum absolute atomic E-state index is 0.0372. The number of allylic oxidation sites excluding steroid dienone is 5. The second-order valence-electron chi connectivity index (χ2n) is 22.8. The summed E-state index contributed by atoms with van der Waals surface area (Å²) in [5.74, 6) is 2.28. The van der Waals surface area contributed by atoms with Crippen LogP contribution in [-0.2, 0) is 28.7 Å². The molecule has 13 heteroatoms. The molecule has 0 radical (unpaired) electrons. The fourth-order valence-electron chi connectivity index (χ4n) is 16.6. The molecule has 5 heterocycles. The highest BCUT2D eigenvalue weighted by Crippen LogP contribution is 2.73. The maximum atomic E-state index is 15.4. The summed E-state index contributed by atoms with van der Waals surface area (Å²) in [7, 11) is 3.65. The molecule has 0 aromatic rings. The molecule has 2 amide bonds. The Balaban J connectivity index is 1.03. The Hall–Kier alpha value is -3.52. The third kappa shape index (κ3) is 7.81. The fraction of sp³-hybridized carbons (Fsp3) is 0.679. The van der Waals surface area contributed by atoms with Crippen molar-refractivity contribution in [1.29, 1.82) is 0 Å². The van der Waals surface area contributed by atoms with Gasteiger partial charge in [-0.3, -0.25) is 14.5 Å². The molecule has 1 spiro atoms. The molecular formula is C56H72N4O7S2. The molecule has 9 atom stereocenters. The van der Waals surface area contributed by atoms with Crippen LogP contribution in [0.25, 0.3) is 0 Å². The zero-order valence-electron chi connectivity index (χ0n) is 40.5. The van der Waals surface area contributed by atoms with Gasteiger partial charge in [-0.15, -0.1) is 0 Å². The van der Waals surface area contributed by atoms with Crippen LogP contribution in [0.4, 0.5) is 0 Å². The number of hydrogen-bond donors (Lipinski definition) is 4. The average molecular weight is 977 g/mol. The third-order valence-electron chi connectivity index (χ3n) is 19.8. The number of carbonyl (C=O) groups excluding carboxylic acids is 4. The number of aliphatic hydroxyl groups is 1. The number of rotatable bonds is 9. The van der Waals surface area contributed by atoms with Crippen LogP contribution in [0.2, 0.25) is 0 Å². The van der Waals surface area contributed by atoms with Crippen LogP contribution in [0.15, 0.2) is 81.2 Å². The minimum Gasteiger partial charge on any atom is -0.427 e. The Morgan fingerprint density at radius 3 is 2.39 bits per heavy atom. The Labute approximate surface area is 416 Å². The first-order valence-electron chi connectivity index (χ1n) is 27.2. The van der Waals surface area contributed by atoms with Crippen LogP contribution in [0.5, 0.6) is 0 Å². The van der Waals surface area contributed by atoms with Crippen LogP contribution < -0.4 is 16.0 Å². The van der Waals surface area contributed by atoms with Crippen molar-refractivity contribution < 1.29 is 33.8 Å². The summed E-state index contributed by atoms with van der Waals surface area (Å²) in [5.41, 5.74) is 5.11. The van der Waals surface area contributed by atoms with E-state index >= 15 is 9.59 Å². The highest BCUT2D eigenvalue weighted by Gasteiger charge is 2.70. The van der Waals surface area contributed by atoms with Crippen LogP contribution in [-0.4, -0.2) is 70.7 Å². The van der Waals surface area contributed by atoms with Crippen LogP contribution in [0.1, 0.15) is 142 Å². The molecule has 4 saturated carbocycles. The van der Waals surface area contributed by atoms with E-state index in [0.717, 1.165) is 105 Å². The van der Waals surface area contributed by atoms with Gasteiger partial charge in [0, 0.05) is 54.8 Å². The smallest absolute Gasteiger partial charge is 0.340 e. The molecule has 0 aromatic carbocycles. The minimum atomic E-state index is -0.898. The van der Waals surface area contributed by atoms with Crippen LogP contribution >= 0.6 is 21.6 Å². The van der Waals surface area contributed by atoms with E-state index in [2.05, 4.69) is 41.1 Å². The van der Waals surface area contributed by atoms with Gasteiger partial charge in [-0.1, -0.05) is 98.8 Å². The van der Waals surface area contributed by atoms with Crippen molar-refractivity contribution in [3.05, 3.63) is 81.2 Å². The Morgan fingerprint density at radius 2 is 1.62 bits per heavy atom. The molecule has 11 nitrogen and oxygen atoms in total. The van der Waals surface area contributed by atoms with Gasteiger partial charge in [-0.05, 0) is 140 Å². The molecule has 69 heavy (non-hydrogen) atoms. The van der Waals surface area contributed by atoms with Gasteiger partial charge >= 0.3 is 11.9 Å². The second-order valence-corrected chi connectivity index (χ2v) is 25.3. The number of fused-ring (bicyclic) bond motifs is 2. The quantitative estimate of drug-likeness (QED) is 0.0992. The van der Waals surface area contributed by atoms with Crippen molar-refractivity contribution in [3.8, 4) is 0 Å². The van der Waals surface area contributed by atoms with Crippen molar-refractivity contribution in [2.45, 2.75) is 153 Å². The lowest BCUT2D eigenvalue weighted by molar-refractivity contribution is -0.138. The molecule has 5 fully saturated rings. The molecule has 13 aliphatic rings. The summed E-state index contributed by atoms with van der Waals surface area (Å²) in [6, 6.07) is 0. The fourth-order valence-corrected chi connectivity index (χ4v) is 19.1. The van der Waals surface area contributed by atoms with E-state index in [0.29, 0.717) is 55.0 Å². The van der Waals surface area contributed by atoms with Gasteiger partial charge in [0.2, 0.25) is 0 Å². The zero-order chi connectivity index (χ0) is 47.0. The third-order valence-corrected chi connectivity index (χ3v) is 22.4. The lowest BCUT2D eigenvalue weighted by atomic mass is 9.42. The number of nitrogens with one attached hydrogen (secondary N) is 3. The number of esters is 2. The first-order valence-corrected chi connectivity index (χ1v) is 29.6. The van der Waals surface area contributed by atoms with Crippen molar-refractivity contribution in [1.82, 2.24) is 20.9 Å². The molecule has 0 unspecified atom stereocenters. The molecule has 0 aromatic heterocycles. The summed E-state index contributed by atoms with van der Waals surface area (Å²) >= 11 is 0. The number of imide groups is 1. The standard InChI is InChI=1S/C56H72N4O7S2/c1-2-55(23-9-10-24-55)40-17-15-35-27-38-37-21-25-56(49(38)48-46(35)51(40)67-53(48)64)42-18-16-36(32-11-5-3-6-12-32)52(58-29-41(61)33-13-7-4-8-14-33)69-68-31-59-43-28-34(22-26-57-43)39(47(37)50(56)54(65)66-42)30-60-44(62)19-20-45(60)63/h18-20,22,28,32-33,35-39,41,49,52,57-59,61H,2-17,21,23-27,29-31H2,1H3/b42-18-/t35-,36-,37-,38-,39+,41-,49+,52-,56-/m0/s1. The van der Waals surface area contributed by atoms with Crippen LogP contribution in [0, 0.1) is 58.2 Å². The predicted octanol–water partition coefficient (Wildman–Crippen LogP) is 9.56. The van der Waals surface area contributed by atoms with E-state index in [4.69, 9.17) is 9.47 Å². The van der Waals surface area contributed by atoms with E-state index in [1.165, 1.54) is 74.0 Å². The van der Waals surface area contributed by atoms with Crippen molar-refractivity contribution in [3.63, 3.8) is 0 Å². The number of hydrogen-bond acceptors (Lipinski definition) is 12. The number of nitrogens with zero attached hydrogens (tertiary/aromatic N) is 1. The van der Waals surface area contributed by atoms with E-state index in [9.17, 15) is 14.7 Å². The average Bonchev–Trinajstić information content (AvgIpc) is 4.16. The van der Waals surface area contributed by atoms with E-state index < -0.39 is 17.4 Å². The Morgan fingerprint density at radius 1 is 0.855 bits per heavy atom. The lowest BCUT2D eigenvalue weighted by Gasteiger charge is -2.58. The van der Waals surface area contributed by atoms with Gasteiger partial charge in [0.1, 0.15) is 11.5 Å². The molecule has 1 saturated heterocycles. The summed E-state index contributed by atoms with van der Waals surface area (Å²) in [6.45, 7) is 3.54. The van der Waals surface area contributed by atoms with Gasteiger partial charge in [0.15, 0.2) is 0 Å². The first kappa shape index (κ1) is 46.5. The summed E-state index contributed by atoms with van der Waals surface area (Å²) < 4.78 is 13.5. The number of dihydropyridines is 1. The monoisotopic (exact) mass is 976 g/mol. The maximum absolute atomic E-state index is 15.4. The predicted molar refractivity (Wildman–Crippen MR) is 268 cm³/mol. The van der Waals surface area contributed by atoms with E-state index in [1.54, 1.807) is 10.8 Å². The topological polar surface area (TPSA) is 146 Å². The van der Waals surface area contributed by atoms with Gasteiger partial charge in [-0.2, -0.15) is 0 Å². The van der Waals surface area contributed by atoms with Gasteiger partial charge in [0.25, 0.3) is 11.8 Å². The molecule has 8 aliphatic carbocycles. The summed E-state index contributed by atoms with van der Waals surface area (Å²) in [6.07, 6.45) is 31.4. The highest BCUT2D eigenvalue weighted by atomic mass is 33.1. The molecule has 4 N–H and O–H groups in total. The summed E-state index contributed by atoms with van der Waals surface area (Å²) in [5, 5.41) is 22.9. The summed E-state index contributed by atoms with van der Waals surface area (Å²) in [4.78, 5) is 58.8. The number of ether oxygens (including phenoxy) is 2. The maximum Gasteiger partial charge on any atom is 0.340 e. The second kappa shape index (κ2) is 18.8. The number of carbonyl (C=O) groups is 4. The lowest BCUT2D eigenvalue weighted by Crippen LogP contribution is -2.55. The highest BCUT2D eigenvalue weighted by molar-refractivity contribution is 8.76. The van der Waals surface area contributed by atoms with Crippen molar-refractivity contribution >= 4 is 45.3 Å². The number of aliphatic hydroxyl groups excluding tert-OH is 1.